The van der Waals surface area contributed by atoms with Crippen molar-refractivity contribution in [2.45, 2.75) is 33.2 Å². The van der Waals surface area contributed by atoms with E-state index in [2.05, 4.69) is 6.92 Å². The average Bonchev–Trinajstić information content (AvgIpc) is 2.33. The molecule has 1 rings (SSSR count). The summed E-state index contributed by atoms with van der Waals surface area (Å²) < 4.78 is 0. The normalized spacial score (nSPS) is 12.3. The van der Waals surface area contributed by atoms with Gasteiger partial charge in [-0.1, -0.05) is 49.5 Å². The van der Waals surface area contributed by atoms with Gasteiger partial charge in [0.1, 0.15) is 0 Å². The van der Waals surface area contributed by atoms with Crippen LogP contribution in [0.25, 0.3) is 0 Å². The molecule has 0 bridgehead atoms. The van der Waals surface area contributed by atoms with Gasteiger partial charge in [0.05, 0.1) is 10.0 Å². The fraction of sp³-hybridized carbons (Fsp3) is 0.500. The van der Waals surface area contributed by atoms with Crippen molar-refractivity contribution >= 4 is 29.1 Å². The molecule has 0 saturated carbocycles. The van der Waals surface area contributed by atoms with Crippen LogP contribution in [-0.2, 0) is 11.3 Å². The first-order valence-electron chi connectivity index (χ1n) is 6.14. The molecule has 1 atom stereocenters. The van der Waals surface area contributed by atoms with Crippen LogP contribution in [0.2, 0.25) is 10.0 Å². The first-order valence-corrected chi connectivity index (χ1v) is 6.90. The number of hydrogen-bond donors (Lipinski definition) is 0. The van der Waals surface area contributed by atoms with Gasteiger partial charge < -0.3 is 4.90 Å². The molecule has 0 saturated heterocycles. The monoisotopic (exact) mass is 287 g/mol. The van der Waals surface area contributed by atoms with Crippen molar-refractivity contribution in [1.29, 1.82) is 0 Å². The lowest BCUT2D eigenvalue weighted by molar-refractivity contribution is -0.134. The smallest absolute Gasteiger partial charge is 0.225 e. The van der Waals surface area contributed by atoms with E-state index < -0.39 is 0 Å². The van der Waals surface area contributed by atoms with Gasteiger partial charge in [-0.05, 0) is 24.1 Å². The van der Waals surface area contributed by atoms with Crippen LogP contribution in [0, 0.1) is 5.92 Å². The van der Waals surface area contributed by atoms with Crippen molar-refractivity contribution in [1.82, 2.24) is 4.90 Å². The van der Waals surface area contributed by atoms with E-state index in [0.717, 1.165) is 18.4 Å². The Labute approximate surface area is 119 Å². The summed E-state index contributed by atoms with van der Waals surface area (Å²) in [5, 5.41) is 1.06. The number of nitrogens with zero attached hydrogens (tertiary/aromatic N) is 1. The second kappa shape index (κ2) is 7.01. The lowest BCUT2D eigenvalue weighted by Gasteiger charge is -2.21. The second-order valence-corrected chi connectivity index (χ2v) is 5.45. The zero-order valence-electron chi connectivity index (χ0n) is 11.0. The summed E-state index contributed by atoms with van der Waals surface area (Å²) in [6, 6.07) is 5.45. The average molecular weight is 288 g/mol. The molecular formula is C14H19Cl2NO. The second-order valence-electron chi connectivity index (χ2n) is 4.63. The zero-order valence-corrected chi connectivity index (χ0v) is 12.6. The molecule has 100 valence electrons. The fourth-order valence-corrected chi connectivity index (χ4v) is 2.24. The van der Waals surface area contributed by atoms with E-state index in [1.807, 2.05) is 20.0 Å². The highest BCUT2D eigenvalue weighted by molar-refractivity contribution is 6.42. The number of carbonyl (C=O) groups excluding carboxylic acids is 1. The Bertz CT molecular complexity index is 420. The van der Waals surface area contributed by atoms with Crippen molar-refractivity contribution in [2.24, 2.45) is 5.92 Å². The van der Waals surface area contributed by atoms with Gasteiger partial charge in [0.2, 0.25) is 5.91 Å². The van der Waals surface area contributed by atoms with E-state index >= 15 is 0 Å². The van der Waals surface area contributed by atoms with Gasteiger partial charge >= 0.3 is 0 Å². The molecule has 0 aliphatic heterocycles. The molecule has 1 aromatic carbocycles. The van der Waals surface area contributed by atoms with Crippen molar-refractivity contribution in [3.63, 3.8) is 0 Å². The minimum Gasteiger partial charge on any atom is -0.341 e. The molecule has 0 N–H and O–H groups in total. The van der Waals surface area contributed by atoms with Crippen molar-refractivity contribution in [2.75, 3.05) is 7.05 Å². The van der Waals surface area contributed by atoms with Gasteiger partial charge in [0, 0.05) is 19.5 Å². The van der Waals surface area contributed by atoms with Gasteiger partial charge in [-0.25, -0.2) is 0 Å². The standard InChI is InChI=1S/C14H19Cl2NO/c1-4-5-10(2)14(18)17(3)9-11-6-7-12(15)13(16)8-11/h6-8,10H,4-5,9H2,1-3H3. The van der Waals surface area contributed by atoms with Crippen molar-refractivity contribution in [3.05, 3.63) is 33.8 Å². The number of carbonyl (C=O) groups is 1. The predicted octanol–water partition coefficient (Wildman–Crippen LogP) is 4.39. The van der Waals surface area contributed by atoms with E-state index in [9.17, 15) is 4.79 Å². The zero-order chi connectivity index (χ0) is 13.7. The Morgan fingerprint density at radius 3 is 2.56 bits per heavy atom. The molecular weight excluding hydrogens is 269 g/mol. The lowest BCUT2D eigenvalue weighted by Crippen LogP contribution is -2.31. The Hall–Kier alpha value is -0.730. The maximum absolute atomic E-state index is 12.1. The fourth-order valence-electron chi connectivity index (χ4n) is 1.92. The number of amides is 1. The molecule has 0 aliphatic rings. The van der Waals surface area contributed by atoms with E-state index in [4.69, 9.17) is 23.2 Å². The number of rotatable bonds is 5. The summed E-state index contributed by atoms with van der Waals surface area (Å²) in [5.41, 5.74) is 0.990. The van der Waals surface area contributed by atoms with Crippen LogP contribution in [0.5, 0.6) is 0 Å². The molecule has 0 spiro atoms. The molecule has 1 amide bonds. The van der Waals surface area contributed by atoms with Gasteiger partial charge in [-0.2, -0.15) is 0 Å². The highest BCUT2D eigenvalue weighted by Crippen LogP contribution is 2.23. The van der Waals surface area contributed by atoms with Crippen molar-refractivity contribution in [3.8, 4) is 0 Å². The molecule has 4 heteroatoms. The minimum atomic E-state index is 0.0720. The molecule has 1 unspecified atom stereocenters. The SMILES string of the molecule is CCCC(C)C(=O)N(C)Cc1ccc(Cl)c(Cl)c1. The largest absolute Gasteiger partial charge is 0.341 e. The van der Waals surface area contributed by atoms with Crippen LogP contribution in [0.1, 0.15) is 32.3 Å². The predicted molar refractivity (Wildman–Crippen MR) is 77.0 cm³/mol. The van der Waals surface area contributed by atoms with E-state index in [1.54, 1.807) is 17.0 Å². The highest BCUT2D eigenvalue weighted by Gasteiger charge is 2.16. The summed E-state index contributed by atoms with van der Waals surface area (Å²) in [4.78, 5) is 13.8. The third kappa shape index (κ3) is 4.18. The Kier molecular flexibility index (Phi) is 5.97. The Morgan fingerprint density at radius 2 is 2.00 bits per heavy atom. The van der Waals surface area contributed by atoms with Crippen LogP contribution < -0.4 is 0 Å². The third-order valence-electron chi connectivity index (χ3n) is 2.92. The minimum absolute atomic E-state index is 0.0720. The van der Waals surface area contributed by atoms with Crippen LogP contribution in [-0.4, -0.2) is 17.9 Å². The van der Waals surface area contributed by atoms with Crippen LogP contribution in [0.4, 0.5) is 0 Å². The molecule has 0 aliphatic carbocycles. The van der Waals surface area contributed by atoms with Crippen LogP contribution in [0.3, 0.4) is 0 Å². The first-order chi connectivity index (χ1) is 8.45. The van der Waals surface area contributed by atoms with Gasteiger partial charge in [0.15, 0.2) is 0 Å². The highest BCUT2D eigenvalue weighted by atomic mass is 35.5. The maximum atomic E-state index is 12.1. The molecule has 0 heterocycles. The Balaban J connectivity index is 2.66. The van der Waals surface area contributed by atoms with Crippen LogP contribution in [0.15, 0.2) is 18.2 Å². The number of benzene rings is 1. The summed E-state index contributed by atoms with van der Waals surface area (Å²) in [6.07, 6.45) is 1.94. The van der Waals surface area contributed by atoms with Gasteiger partial charge in [-0.15, -0.1) is 0 Å². The topological polar surface area (TPSA) is 20.3 Å². The molecule has 0 aromatic heterocycles. The van der Waals surface area contributed by atoms with Gasteiger partial charge in [0.25, 0.3) is 0 Å². The maximum Gasteiger partial charge on any atom is 0.225 e. The van der Waals surface area contributed by atoms with E-state index in [-0.39, 0.29) is 11.8 Å². The van der Waals surface area contributed by atoms with Gasteiger partial charge in [-0.3, -0.25) is 4.79 Å². The third-order valence-corrected chi connectivity index (χ3v) is 3.66. The van der Waals surface area contributed by atoms with E-state index in [0.29, 0.717) is 16.6 Å². The van der Waals surface area contributed by atoms with Crippen LogP contribution >= 0.6 is 23.2 Å². The summed E-state index contributed by atoms with van der Waals surface area (Å²) >= 11 is 11.8. The number of halogens is 2. The molecule has 1 aromatic rings. The molecule has 0 radical (unpaired) electrons. The molecule has 18 heavy (non-hydrogen) atoms. The van der Waals surface area contributed by atoms with Crippen molar-refractivity contribution < 1.29 is 4.79 Å². The molecule has 0 fully saturated rings. The summed E-state index contributed by atoms with van der Waals surface area (Å²) in [5.74, 6) is 0.241. The summed E-state index contributed by atoms with van der Waals surface area (Å²) in [6.45, 7) is 4.61. The van der Waals surface area contributed by atoms with E-state index in [1.165, 1.54) is 0 Å². The summed E-state index contributed by atoms with van der Waals surface area (Å²) in [7, 11) is 1.82. The lowest BCUT2D eigenvalue weighted by atomic mass is 10.0. The molecule has 2 nitrogen and oxygen atoms in total. The Morgan fingerprint density at radius 1 is 1.33 bits per heavy atom. The quantitative estimate of drug-likeness (QED) is 0.787. The number of hydrogen-bond acceptors (Lipinski definition) is 1. The first kappa shape index (κ1) is 15.3.